The second-order valence-corrected chi connectivity index (χ2v) is 6.39. The van der Waals surface area contributed by atoms with E-state index in [9.17, 15) is 5.11 Å². The van der Waals surface area contributed by atoms with Crippen molar-refractivity contribution in [2.45, 2.75) is 51.1 Å². The SMILES string of the molecule is CNC(CO)(CN(CC(C)C)C1CC1)C1CC1. The maximum atomic E-state index is 9.78. The van der Waals surface area contributed by atoms with Crippen LogP contribution in [0, 0.1) is 11.8 Å². The number of hydrogen-bond donors (Lipinski definition) is 2. The molecule has 0 aromatic rings. The molecule has 0 radical (unpaired) electrons. The Morgan fingerprint density at radius 2 is 1.94 bits per heavy atom. The van der Waals surface area contributed by atoms with Crippen molar-refractivity contribution < 1.29 is 5.11 Å². The molecule has 3 nitrogen and oxygen atoms in total. The molecule has 3 heteroatoms. The highest BCUT2D eigenvalue weighted by Gasteiger charge is 2.46. The van der Waals surface area contributed by atoms with Crippen molar-refractivity contribution >= 4 is 0 Å². The lowest BCUT2D eigenvalue weighted by atomic mass is 9.93. The van der Waals surface area contributed by atoms with Gasteiger partial charge in [0.05, 0.1) is 12.1 Å². The van der Waals surface area contributed by atoms with Crippen molar-refractivity contribution in [3.63, 3.8) is 0 Å². The van der Waals surface area contributed by atoms with Gasteiger partial charge in [0.2, 0.25) is 0 Å². The van der Waals surface area contributed by atoms with Crippen LogP contribution >= 0.6 is 0 Å². The van der Waals surface area contributed by atoms with Crippen LogP contribution in [-0.2, 0) is 0 Å². The van der Waals surface area contributed by atoms with E-state index in [1.54, 1.807) is 0 Å². The van der Waals surface area contributed by atoms with E-state index in [0.29, 0.717) is 11.8 Å². The first kappa shape index (κ1) is 13.3. The zero-order valence-electron chi connectivity index (χ0n) is 11.6. The maximum absolute atomic E-state index is 9.78. The van der Waals surface area contributed by atoms with Gasteiger partial charge in [0.15, 0.2) is 0 Å². The molecular formula is C14H28N2O. The highest BCUT2D eigenvalue weighted by Crippen LogP contribution is 2.41. The molecule has 0 heterocycles. The van der Waals surface area contributed by atoms with E-state index in [1.165, 1.54) is 32.2 Å². The monoisotopic (exact) mass is 240 g/mol. The van der Waals surface area contributed by atoms with Crippen LogP contribution in [0.4, 0.5) is 0 Å². The summed E-state index contributed by atoms with van der Waals surface area (Å²) in [5.41, 5.74) is -0.0442. The summed E-state index contributed by atoms with van der Waals surface area (Å²) >= 11 is 0. The highest BCUT2D eigenvalue weighted by atomic mass is 16.3. The van der Waals surface area contributed by atoms with Crippen molar-refractivity contribution in [3.8, 4) is 0 Å². The van der Waals surface area contributed by atoms with Gasteiger partial charge in [-0.25, -0.2) is 0 Å². The molecule has 0 aromatic heterocycles. The van der Waals surface area contributed by atoms with Crippen molar-refractivity contribution in [2.24, 2.45) is 11.8 Å². The minimum atomic E-state index is -0.0442. The van der Waals surface area contributed by atoms with Gasteiger partial charge in [0, 0.05) is 19.1 Å². The summed E-state index contributed by atoms with van der Waals surface area (Å²) in [6.45, 7) is 7.03. The van der Waals surface area contributed by atoms with Gasteiger partial charge in [0.1, 0.15) is 0 Å². The van der Waals surface area contributed by atoms with Crippen LogP contribution in [0.25, 0.3) is 0 Å². The number of likely N-dealkylation sites (N-methyl/N-ethyl adjacent to an activating group) is 1. The van der Waals surface area contributed by atoms with Gasteiger partial charge in [0.25, 0.3) is 0 Å². The van der Waals surface area contributed by atoms with Crippen molar-refractivity contribution in [3.05, 3.63) is 0 Å². The third-order valence-electron chi connectivity index (χ3n) is 4.29. The average Bonchev–Trinajstić information content (AvgIpc) is 3.17. The first-order valence-electron chi connectivity index (χ1n) is 7.15. The van der Waals surface area contributed by atoms with Crippen LogP contribution in [0.2, 0.25) is 0 Å². The van der Waals surface area contributed by atoms with Crippen molar-refractivity contribution in [1.82, 2.24) is 10.2 Å². The Kier molecular flexibility index (Phi) is 4.11. The predicted octanol–water partition coefficient (Wildman–Crippen LogP) is 1.47. The highest BCUT2D eigenvalue weighted by molar-refractivity contribution is 5.03. The molecular weight excluding hydrogens is 212 g/mol. The average molecular weight is 240 g/mol. The summed E-state index contributed by atoms with van der Waals surface area (Å²) in [6.07, 6.45) is 5.26. The summed E-state index contributed by atoms with van der Waals surface area (Å²) in [5, 5.41) is 13.2. The fraction of sp³-hybridized carbons (Fsp3) is 1.00. The zero-order chi connectivity index (χ0) is 12.5. The van der Waals surface area contributed by atoms with E-state index in [-0.39, 0.29) is 12.1 Å². The van der Waals surface area contributed by atoms with Gasteiger partial charge < -0.3 is 10.4 Å². The van der Waals surface area contributed by atoms with Crippen molar-refractivity contribution in [1.29, 1.82) is 0 Å². The fourth-order valence-electron chi connectivity index (χ4n) is 2.92. The number of nitrogens with one attached hydrogen (secondary N) is 1. The van der Waals surface area contributed by atoms with E-state index < -0.39 is 0 Å². The molecule has 100 valence electrons. The number of rotatable bonds is 8. The predicted molar refractivity (Wildman–Crippen MR) is 71.0 cm³/mol. The molecule has 0 aromatic carbocycles. The molecule has 2 aliphatic rings. The van der Waals surface area contributed by atoms with Crippen LogP contribution in [0.1, 0.15) is 39.5 Å². The van der Waals surface area contributed by atoms with E-state index in [2.05, 4.69) is 24.1 Å². The third kappa shape index (κ3) is 3.21. The van der Waals surface area contributed by atoms with Gasteiger partial charge in [-0.2, -0.15) is 0 Å². The van der Waals surface area contributed by atoms with Crippen LogP contribution < -0.4 is 5.32 Å². The number of aliphatic hydroxyl groups is 1. The molecule has 2 saturated carbocycles. The van der Waals surface area contributed by atoms with Crippen LogP contribution in [-0.4, -0.2) is 48.3 Å². The van der Waals surface area contributed by atoms with Gasteiger partial charge in [-0.05, 0) is 44.6 Å². The minimum absolute atomic E-state index is 0.0442. The lowest BCUT2D eigenvalue weighted by Gasteiger charge is -2.38. The van der Waals surface area contributed by atoms with E-state index in [4.69, 9.17) is 0 Å². The second-order valence-electron chi connectivity index (χ2n) is 6.39. The standard InChI is InChI=1S/C14H28N2O/c1-11(2)8-16(13-6-7-13)9-14(10-17,15-3)12-4-5-12/h11-13,15,17H,4-10H2,1-3H3. The molecule has 0 saturated heterocycles. The Labute approximate surface area is 106 Å². The molecule has 2 N–H and O–H groups in total. The number of aliphatic hydroxyl groups excluding tert-OH is 1. The minimum Gasteiger partial charge on any atom is -0.394 e. The molecule has 2 rings (SSSR count). The lowest BCUT2D eigenvalue weighted by molar-refractivity contribution is 0.0870. The molecule has 0 spiro atoms. The Morgan fingerprint density at radius 1 is 1.29 bits per heavy atom. The molecule has 1 atom stereocenters. The van der Waals surface area contributed by atoms with Crippen molar-refractivity contribution in [2.75, 3.05) is 26.7 Å². The Balaban J connectivity index is 1.98. The molecule has 17 heavy (non-hydrogen) atoms. The Hall–Kier alpha value is -0.120. The third-order valence-corrected chi connectivity index (χ3v) is 4.29. The molecule has 0 aliphatic heterocycles. The quantitative estimate of drug-likeness (QED) is 0.674. The van der Waals surface area contributed by atoms with Crippen LogP contribution in [0.3, 0.4) is 0 Å². The summed E-state index contributed by atoms with van der Waals surface area (Å²) in [6, 6.07) is 0.787. The normalized spacial score (nSPS) is 24.4. The Bertz CT molecular complexity index is 243. The number of hydrogen-bond acceptors (Lipinski definition) is 3. The van der Waals surface area contributed by atoms with E-state index in [1.807, 2.05) is 7.05 Å². The smallest absolute Gasteiger partial charge is 0.0628 e. The first-order chi connectivity index (χ1) is 8.11. The van der Waals surface area contributed by atoms with E-state index >= 15 is 0 Å². The largest absolute Gasteiger partial charge is 0.394 e. The fourth-order valence-corrected chi connectivity index (χ4v) is 2.92. The van der Waals surface area contributed by atoms with E-state index in [0.717, 1.165) is 12.6 Å². The first-order valence-corrected chi connectivity index (χ1v) is 7.15. The van der Waals surface area contributed by atoms with Gasteiger partial charge >= 0.3 is 0 Å². The summed E-state index contributed by atoms with van der Waals surface area (Å²) in [7, 11) is 2.01. The van der Waals surface area contributed by atoms with Crippen LogP contribution in [0.15, 0.2) is 0 Å². The summed E-state index contributed by atoms with van der Waals surface area (Å²) in [4.78, 5) is 2.61. The molecule has 0 amide bonds. The summed E-state index contributed by atoms with van der Waals surface area (Å²) in [5.74, 6) is 1.40. The van der Waals surface area contributed by atoms with Gasteiger partial charge in [-0.1, -0.05) is 13.8 Å². The Morgan fingerprint density at radius 3 is 2.29 bits per heavy atom. The maximum Gasteiger partial charge on any atom is 0.0628 e. The molecule has 1 unspecified atom stereocenters. The molecule has 0 bridgehead atoms. The summed E-state index contributed by atoms with van der Waals surface area (Å²) < 4.78 is 0. The second kappa shape index (κ2) is 5.25. The lowest BCUT2D eigenvalue weighted by Crippen LogP contribution is -2.57. The van der Waals surface area contributed by atoms with Gasteiger partial charge in [-0.3, -0.25) is 4.90 Å². The van der Waals surface area contributed by atoms with Crippen LogP contribution in [0.5, 0.6) is 0 Å². The van der Waals surface area contributed by atoms with Gasteiger partial charge in [-0.15, -0.1) is 0 Å². The molecule has 2 fully saturated rings. The topological polar surface area (TPSA) is 35.5 Å². The molecule has 2 aliphatic carbocycles. The number of nitrogens with zero attached hydrogens (tertiary/aromatic N) is 1. The zero-order valence-corrected chi connectivity index (χ0v) is 11.6.